The highest BCUT2D eigenvalue weighted by atomic mass is 35.5. The fraction of sp³-hybridized carbons (Fsp3) is 0.545. The van der Waals surface area contributed by atoms with Gasteiger partial charge >= 0.3 is 0 Å². The van der Waals surface area contributed by atoms with E-state index in [4.69, 9.17) is 11.6 Å². The molecule has 0 aliphatic rings. The van der Waals surface area contributed by atoms with E-state index in [1.54, 1.807) is 6.20 Å². The minimum atomic E-state index is 0.195. The first kappa shape index (κ1) is 11.3. The molecule has 0 aliphatic heterocycles. The summed E-state index contributed by atoms with van der Waals surface area (Å²) in [4.78, 5) is 4.19. The van der Waals surface area contributed by atoms with Crippen molar-refractivity contribution in [3.05, 3.63) is 23.4 Å². The average molecular weight is 213 g/mol. The minimum absolute atomic E-state index is 0.195. The van der Waals surface area contributed by atoms with Crippen molar-refractivity contribution >= 4 is 17.4 Å². The molecule has 1 N–H and O–H groups in total. The van der Waals surface area contributed by atoms with Gasteiger partial charge in [-0.05, 0) is 24.5 Å². The summed E-state index contributed by atoms with van der Waals surface area (Å²) in [6.07, 6.45) is 1.74. The van der Waals surface area contributed by atoms with E-state index in [0.717, 1.165) is 5.82 Å². The number of halogens is 1. The first-order chi connectivity index (χ1) is 6.41. The van der Waals surface area contributed by atoms with E-state index < -0.39 is 0 Å². The van der Waals surface area contributed by atoms with E-state index >= 15 is 0 Å². The topological polar surface area (TPSA) is 24.9 Å². The molecule has 0 aliphatic carbocycles. The van der Waals surface area contributed by atoms with Gasteiger partial charge in [0.05, 0.1) is 5.02 Å². The van der Waals surface area contributed by atoms with Crippen LogP contribution in [0, 0.1) is 5.41 Å². The van der Waals surface area contributed by atoms with Gasteiger partial charge in [0.2, 0.25) is 0 Å². The fourth-order valence-corrected chi connectivity index (χ4v) is 1.09. The standard InChI is InChI=1S/C11H17ClN2/c1-8(11(2,3)4)14-10-9(12)6-5-7-13-10/h5-8H,1-4H3,(H,13,14). The summed E-state index contributed by atoms with van der Waals surface area (Å²) in [5.41, 5.74) is 0.195. The predicted octanol–water partition coefficient (Wildman–Crippen LogP) is 3.58. The van der Waals surface area contributed by atoms with E-state index in [1.165, 1.54) is 0 Å². The number of hydrogen-bond donors (Lipinski definition) is 1. The van der Waals surface area contributed by atoms with Gasteiger partial charge < -0.3 is 5.32 Å². The van der Waals surface area contributed by atoms with Crippen molar-refractivity contribution in [1.82, 2.24) is 4.98 Å². The van der Waals surface area contributed by atoms with Crippen molar-refractivity contribution < 1.29 is 0 Å². The Morgan fingerprint density at radius 1 is 1.43 bits per heavy atom. The van der Waals surface area contributed by atoms with Crippen LogP contribution in [0.25, 0.3) is 0 Å². The molecular weight excluding hydrogens is 196 g/mol. The van der Waals surface area contributed by atoms with Crippen LogP contribution >= 0.6 is 11.6 Å². The SMILES string of the molecule is CC(Nc1ncccc1Cl)C(C)(C)C. The smallest absolute Gasteiger partial charge is 0.144 e. The van der Waals surface area contributed by atoms with Crippen LogP contribution in [0.2, 0.25) is 5.02 Å². The van der Waals surface area contributed by atoms with Crippen LogP contribution < -0.4 is 5.32 Å². The number of hydrogen-bond acceptors (Lipinski definition) is 2. The van der Waals surface area contributed by atoms with Crippen LogP contribution in [0.1, 0.15) is 27.7 Å². The molecule has 1 aromatic heterocycles. The number of aromatic nitrogens is 1. The van der Waals surface area contributed by atoms with Crippen molar-refractivity contribution in [3.8, 4) is 0 Å². The van der Waals surface area contributed by atoms with Crippen molar-refractivity contribution in [2.24, 2.45) is 5.41 Å². The van der Waals surface area contributed by atoms with Gasteiger partial charge in [-0.2, -0.15) is 0 Å². The molecule has 2 nitrogen and oxygen atoms in total. The molecule has 3 heteroatoms. The summed E-state index contributed by atoms with van der Waals surface area (Å²) in [7, 11) is 0. The lowest BCUT2D eigenvalue weighted by molar-refractivity contribution is 0.359. The van der Waals surface area contributed by atoms with Crippen molar-refractivity contribution in [2.75, 3.05) is 5.32 Å². The molecule has 78 valence electrons. The quantitative estimate of drug-likeness (QED) is 0.811. The second-order valence-corrected chi connectivity index (χ2v) is 4.97. The lowest BCUT2D eigenvalue weighted by Crippen LogP contribution is -2.31. The van der Waals surface area contributed by atoms with Gasteiger partial charge in [0.25, 0.3) is 0 Å². The van der Waals surface area contributed by atoms with Gasteiger partial charge in [0, 0.05) is 12.2 Å². The summed E-state index contributed by atoms with van der Waals surface area (Å²) in [6, 6.07) is 4.00. The van der Waals surface area contributed by atoms with Crippen molar-refractivity contribution in [2.45, 2.75) is 33.7 Å². The summed E-state index contributed by atoms with van der Waals surface area (Å²) >= 11 is 5.99. The molecule has 0 spiro atoms. The lowest BCUT2D eigenvalue weighted by atomic mass is 9.88. The summed E-state index contributed by atoms with van der Waals surface area (Å²) in [5.74, 6) is 0.761. The molecule has 0 fully saturated rings. The van der Waals surface area contributed by atoms with Crippen LogP contribution in [0.3, 0.4) is 0 Å². The van der Waals surface area contributed by atoms with Crippen molar-refractivity contribution in [1.29, 1.82) is 0 Å². The normalized spacial score (nSPS) is 13.8. The highest BCUT2D eigenvalue weighted by Crippen LogP contribution is 2.25. The summed E-state index contributed by atoms with van der Waals surface area (Å²) in [6.45, 7) is 8.68. The maximum Gasteiger partial charge on any atom is 0.144 e. The number of nitrogens with zero attached hydrogens (tertiary/aromatic N) is 1. The Bertz CT molecular complexity index is 304. The van der Waals surface area contributed by atoms with Gasteiger partial charge in [-0.3, -0.25) is 0 Å². The molecule has 0 bridgehead atoms. The molecular formula is C11H17ClN2. The van der Waals surface area contributed by atoms with E-state index in [-0.39, 0.29) is 5.41 Å². The zero-order chi connectivity index (χ0) is 10.8. The molecule has 0 saturated heterocycles. The highest BCUT2D eigenvalue weighted by molar-refractivity contribution is 6.32. The van der Waals surface area contributed by atoms with Crippen LogP contribution in [0.5, 0.6) is 0 Å². The number of nitrogens with one attached hydrogen (secondary N) is 1. The summed E-state index contributed by atoms with van der Waals surface area (Å²) < 4.78 is 0. The third-order valence-electron chi connectivity index (χ3n) is 2.41. The zero-order valence-electron chi connectivity index (χ0n) is 9.13. The molecule has 0 aromatic carbocycles. The van der Waals surface area contributed by atoms with Crippen LogP contribution in [-0.4, -0.2) is 11.0 Å². The third-order valence-corrected chi connectivity index (χ3v) is 2.72. The molecule has 1 rings (SSSR count). The van der Waals surface area contributed by atoms with Gasteiger partial charge in [-0.25, -0.2) is 4.98 Å². The Hall–Kier alpha value is -0.760. The lowest BCUT2D eigenvalue weighted by Gasteiger charge is -2.28. The molecule has 0 radical (unpaired) electrons. The van der Waals surface area contributed by atoms with E-state index in [2.05, 4.69) is 38.0 Å². The van der Waals surface area contributed by atoms with Crippen LogP contribution in [-0.2, 0) is 0 Å². The molecule has 1 unspecified atom stereocenters. The minimum Gasteiger partial charge on any atom is -0.366 e. The summed E-state index contributed by atoms with van der Waals surface area (Å²) in [5, 5.41) is 3.98. The highest BCUT2D eigenvalue weighted by Gasteiger charge is 2.20. The van der Waals surface area contributed by atoms with Gasteiger partial charge in [0.15, 0.2) is 0 Å². The number of rotatable bonds is 2. The van der Waals surface area contributed by atoms with Crippen LogP contribution in [0.15, 0.2) is 18.3 Å². The first-order valence-electron chi connectivity index (χ1n) is 4.78. The Balaban J connectivity index is 2.75. The Kier molecular flexibility index (Phi) is 3.38. The van der Waals surface area contributed by atoms with E-state index in [0.29, 0.717) is 11.1 Å². The van der Waals surface area contributed by atoms with Gasteiger partial charge in [-0.15, -0.1) is 0 Å². The Labute approximate surface area is 90.7 Å². The second-order valence-electron chi connectivity index (χ2n) is 4.57. The second kappa shape index (κ2) is 4.18. The Morgan fingerprint density at radius 2 is 2.07 bits per heavy atom. The van der Waals surface area contributed by atoms with Crippen molar-refractivity contribution in [3.63, 3.8) is 0 Å². The zero-order valence-corrected chi connectivity index (χ0v) is 9.89. The molecule has 0 amide bonds. The van der Waals surface area contributed by atoms with E-state index in [1.807, 2.05) is 12.1 Å². The number of pyridine rings is 1. The van der Waals surface area contributed by atoms with Crippen LogP contribution in [0.4, 0.5) is 5.82 Å². The van der Waals surface area contributed by atoms with Gasteiger partial charge in [0.1, 0.15) is 5.82 Å². The maximum atomic E-state index is 5.99. The number of anilines is 1. The fourth-order valence-electron chi connectivity index (χ4n) is 0.913. The van der Waals surface area contributed by atoms with E-state index in [9.17, 15) is 0 Å². The molecule has 14 heavy (non-hydrogen) atoms. The monoisotopic (exact) mass is 212 g/mol. The molecule has 1 aromatic rings. The Morgan fingerprint density at radius 3 is 2.57 bits per heavy atom. The predicted molar refractivity (Wildman–Crippen MR) is 61.8 cm³/mol. The average Bonchev–Trinajstić information content (AvgIpc) is 2.07. The molecule has 1 atom stereocenters. The van der Waals surface area contributed by atoms with Gasteiger partial charge in [-0.1, -0.05) is 32.4 Å². The molecule has 1 heterocycles. The third kappa shape index (κ3) is 2.88. The maximum absolute atomic E-state index is 5.99. The first-order valence-corrected chi connectivity index (χ1v) is 5.16. The largest absolute Gasteiger partial charge is 0.366 e. The molecule has 0 saturated carbocycles.